The Morgan fingerprint density at radius 2 is 1.95 bits per heavy atom. The van der Waals surface area contributed by atoms with E-state index in [2.05, 4.69) is 16.1 Å². The fourth-order valence-electron chi connectivity index (χ4n) is 2.64. The maximum Gasteiger partial charge on any atom is 0.241 e. The summed E-state index contributed by atoms with van der Waals surface area (Å²) in [6.45, 7) is 5.37. The Kier molecular flexibility index (Phi) is 5.13. The fourth-order valence-corrected chi connectivity index (χ4v) is 4.12. The van der Waals surface area contributed by atoms with Crippen LogP contribution in [0.1, 0.15) is 24.0 Å². The number of rotatable bonds is 5. The van der Waals surface area contributed by atoms with Crippen LogP contribution in [0.5, 0.6) is 0 Å². The average molecular weight is 312 g/mol. The van der Waals surface area contributed by atoms with E-state index in [0.29, 0.717) is 24.1 Å². The summed E-state index contributed by atoms with van der Waals surface area (Å²) < 4.78 is 40.6. The quantitative estimate of drug-likeness (QED) is 0.818. The van der Waals surface area contributed by atoms with Gasteiger partial charge in [0.2, 0.25) is 10.0 Å². The van der Waals surface area contributed by atoms with Crippen molar-refractivity contribution in [3.05, 3.63) is 40.7 Å². The van der Waals surface area contributed by atoms with Gasteiger partial charge in [-0.1, -0.05) is 11.6 Å². The first kappa shape index (κ1) is 16.1. The third-order valence-corrected chi connectivity index (χ3v) is 5.36. The fraction of sp³-hybridized carbons (Fsp3) is 0.467. The lowest BCUT2D eigenvalue weighted by molar-refractivity contribution is 0.577. The molecule has 0 radical (unpaired) electrons. The zero-order valence-corrected chi connectivity index (χ0v) is 13.2. The van der Waals surface area contributed by atoms with Crippen molar-refractivity contribution < 1.29 is 12.8 Å². The molecule has 1 aliphatic rings. The minimum atomic E-state index is -3.60. The number of halogens is 1. The lowest BCUT2D eigenvalue weighted by Crippen LogP contribution is -2.28. The number of sulfonamides is 1. The summed E-state index contributed by atoms with van der Waals surface area (Å²) in [6.07, 6.45) is 3.77. The molecule has 1 aromatic carbocycles. The number of benzene rings is 1. The number of hydrogen-bond acceptors (Lipinski definition) is 3. The van der Waals surface area contributed by atoms with E-state index in [0.717, 1.165) is 19.5 Å². The highest BCUT2D eigenvalue weighted by Crippen LogP contribution is 2.21. The van der Waals surface area contributed by atoms with E-state index in [9.17, 15) is 12.8 Å². The lowest BCUT2D eigenvalue weighted by atomic mass is 10.1. The number of hydrogen-bond donors (Lipinski definition) is 2. The van der Waals surface area contributed by atoms with Crippen molar-refractivity contribution in [2.24, 2.45) is 0 Å². The number of aryl methyl sites for hydroxylation is 2. The van der Waals surface area contributed by atoms with Crippen LogP contribution in [0.15, 0.2) is 28.7 Å². The van der Waals surface area contributed by atoms with Crippen molar-refractivity contribution >= 4 is 10.0 Å². The Balaban J connectivity index is 2.07. The third-order valence-electron chi connectivity index (χ3n) is 3.59. The molecule has 0 saturated carbocycles. The molecule has 21 heavy (non-hydrogen) atoms. The molecule has 1 aromatic rings. The summed E-state index contributed by atoms with van der Waals surface area (Å²) in [4.78, 5) is 0.184. The van der Waals surface area contributed by atoms with Crippen molar-refractivity contribution in [3.63, 3.8) is 0 Å². The van der Waals surface area contributed by atoms with E-state index >= 15 is 0 Å². The Hall–Kier alpha value is -1.24. The zero-order valence-electron chi connectivity index (χ0n) is 12.4. The summed E-state index contributed by atoms with van der Waals surface area (Å²) in [6, 6.07) is 2.49. The van der Waals surface area contributed by atoms with Gasteiger partial charge in [0.1, 0.15) is 5.82 Å². The minimum Gasteiger partial charge on any atom is -0.313 e. The third kappa shape index (κ3) is 4.12. The second-order valence-corrected chi connectivity index (χ2v) is 7.04. The van der Waals surface area contributed by atoms with Crippen LogP contribution < -0.4 is 10.0 Å². The smallest absolute Gasteiger partial charge is 0.241 e. The van der Waals surface area contributed by atoms with Gasteiger partial charge >= 0.3 is 0 Å². The minimum absolute atomic E-state index is 0.184. The maximum absolute atomic E-state index is 13.3. The summed E-state index contributed by atoms with van der Waals surface area (Å²) in [5.41, 5.74) is 2.13. The Labute approximate surface area is 125 Å². The maximum atomic E-state index is 13.3. The molecule has 0 spiro atoms. The second-order valence-electron chi connectivity index (χ2n) is 5.33. The molecular weight excluding hydrogens is 291 g/mol. The van der Waals surface area contributed by atoms with Gasteiger partial charge in [-0.05, 0) is 56.5 Å². The molecule has 2 N–H and O–H groups in total. The van der Waals surface area contributed by atoms with Gasteiger partial charge in [-0.15, -0.1) is 0 Å². The lowest BCUT2D eigenvalue weighted by Gasteiger charge is -2.15. The van der Waals surface area contributed by atoms with Crippen LogP contribution >= 0.6 is 0 Å². The molecule has 0 saturated heterocycles. The van der Waals surface area contributed by atoms with Gasteiger partial charge in [0, 0.05) is 13.1 Å². The molecule has 0 bridgehead atoms. The van der Waals surface area contributed by atoms with Crippen LogP contribution in [-0.2, 0) is 10.0 Å². The monoisotopic (exact) mass is 312 g/mol. The molecule has 0 aromatic heterocycles. The molecule has 4 nitrogen and oxygen atoms in total. The van der Waals surface area contributed by atoms with Gasteiger partial charge in [0.05, 0.1) is 4.90 Å². The van der Waals surface area contributed by atoms with Gasteiger partial charge < -0.3 is 5.32 Å². The van der Waals surface area contributed by atoms with Crippen molar-refractivity contribution in [2.45, 2.75) is 31.6 Å². The first-order chi connectivity index (χ1) is 9.90. The highest BCUT2D eigenvalue weighted by atomic mass is 32.2. The summed E-state index contributed by atoms with van der Waals surface area (Å²) in [5.74, 6) is -0.413. The molecule has 1 heterocycles. The molecule has 0 amide bonds. The molecular formula is C15H21FN2O2S. The largest absolute Gasteiger partial charge is 0.313 e. The standard InChI is InChI=1S/C15H21FN2O2S/c1-11-9-14(16)10-12(2)15(11)21(19,20)18-8-5-13-3-6-17-7-4-13/h3,9-10,17-18H,4-8H2,1-2H3. The van der Waals surface area contributed by atoms with Crippen LogP contribution in [0.2, 0.25) is 0 Å². The number of nitrogens with one attached hydrogen (secondary N) is 2. The van der Waals surface area contributed by atoms with Gasteiger partial charge in [-0.3, -0.25) is 0 Å². The van der Waals surface area contributed by atoms with E-state index in [-0.39, 0.29) is 4.90 Å². The molecule has 0 unspecified atom stereocenters. The Morgan fingerprint density at radius 1 is 1.29 bits per heavy atom. The molecule has 0 aliphatic carbocycles. The van der Waals surface area contributed by atoms with Gasteiger partial charge in [0.15, 0.2) is 0 Å². The highest BCUT2D eigenvalue weighted by Gasteiger charge is 2.20. The molecule has 2 rings (SSSR count). The Morgan fingerprint density at radius 3 is 2.52 bits per heavy atom. The predicted octanol–water partition coefficient (Wildman–Crippen LogP) is 2.03. The van der Waals surface area contributed by atoms with Crippen molar-refractivity contribution in [1.82, 2.24) is 10.0 Å². The summed E-state index contributed by atoms with van der Waals surface area (Å²) in [7, 11) is -3.60. The zero-order chi connectivity index (χ0) is 15.5. The topological polar surface area (TPSA) is 58.2 Å². The second kappa shape index (κ2) is 6.68. The first-order valence-corrected chi connectivity index (χ1v) is 8.53. The summed E-state index contributed by atoms with van der Waals surface area (Å²) >= 11 is 0. The molecule has 0 atom stereocenters. The first-order valence-electron chi connectivity index (χ1n) is 7.05. The van der Waals surface area contributed by atoms with Crippen molar-refractivity contribution in [3.8, 4) is 0 Å². The van der Waals surface area contributed by atoms with Gasteiger partial charge in [-0.25, -0.2) is 17.5 Å². The molecule has 0 fully saturated rings. The van der Waals surface area contributed by atoms with Crippen LogP contribution in [0, 0.1) is 19.7 Å². The van der Waals surface area contributed by atoms with E-state index in [1.807, 2.05) is 0 Å². The highest BCUT2D eigenvalue weighted by molar-refractivity contribution is 7.89. The normalized spacial score (nSPS) is 15.9. The molecule has 6 heteroatoms. The van der Waals surface area contributed by atoms with E-state index < -0.39 is 15.8 Å². The van der Waals surface area contributed by atoms with Crippen LogP contribution in [0.25, 0.3) is 0 Å². The van der Waals surface area contributed by atoms with E-state index in [1.54, 1.807) is 13.8 Å². The van der Waals surface area contributed by atoms with Crippen LogP contribution in [-0.4, -0.2) is 28.1 Å². The predicted molar refractivity (Wildman–Crippen MR) is 81.2 cm³/mol. The van der Waals surface area contributed by atoms with Gasteiger partial charge in [0.25, 0.3) is 0 Å². The molecule has 116 valence electrons. The van der Waals surface area contributed by atoms with E-state index in [4.69, 9.17) is 0 Å². The molecule has 1 aliphatic heterocycles. The Bertz CT molecular complexity index is 631. The van der Waals surface area contributed by atoms with Crippen LogP contribution in [0.4, 0.5) is 4.39 Å². The van der Waals surface area contributed by atoms with E-state index in [1.165, 1.54) is 17.7 Å². The SMILES string of the molecule is Cc1cc(F)cc(C)c1S(=O)(=O)NCCC1=CCNCC1. The summed E-state index contributed by atoms with van der Waals surface area (Å²) in [5, 5.41) is 3.22. The van der Waals surface area contributed by atoms with Crippen molar-refractivity contribution in [1.29, 1.82) is 0 Å². The van der Waals surface area contributed by atoms with Gasteiger partial charge in [-0.2, -0.15) is 0 Å². The van der Waals surface area contributed by atoms with Crippen LogP contribution in [0.3, 0.4) is 0 Å². The van der Waals surface area contributed by atoms with Crippen molar-refractivity contribution in [2.75, 3.05) is 19.6 Å². The average Bonchev–Trinajstić information content (AvgIpc) is 2.38.